The van der Waals surface area contributed by atoms with Gasteiger partial charge in [0.2, 0.25) is 0 Å². The van der Waals surface area contributed by atoms with Gasteiger partial charge >= 0.3 is 6.47 Å². The van der Waals surface area contributed by atoms with E-state index in [4.69, 9.17) is 9.68 Å². The highest BCUT2D eigenvalue weighted by Crippen LogP contribution is 2.25. The third-order valence-corrected chi connectivity index (χ3v) is 2.04. The van der Waals surface area contributed by atoms with E-state index in [1.165, 1.54) is 0 Å². The molecule has 1 aromatic heterocycles. The molecule has 0 fully saturated rings. The van der Waals surface area contributed by atoms with Gasteiger partial charge in [-0.05, 0) is 30.3 Å². The standard InChI is InChI=1S/C12H7NO3/c13-7-9-1-3-10(4-2-9)11-5-6-12(16-11)15-8-14/h1-6,8H. The molecular weight excluding hydrogens is 206 g/mol. The predicted molar refractivity (Wildman–Crippen MR) is 55.6 cm³/mol. The first-order chi connectivity index (χ1) is 7.83. The molecule has 0 saturated heterocycles. The number of hydrogen-bond donors (Lipinski definition) is 0. The van der Waals surface area contributed by atoms with Crippen LogP contribution in [0.2, 0.25) is 0 Å². The van der Waals surface area contributed by atoms with Crippen molar-refractivity contribution in [3.63, 3.8) is 0 Å². The molecule has 0 aliphatic heterocycles. The summed E-state index contributed by atoms with van der Waals surface area (Å²) in [6.07, 6.45) is 0. The van der Waals surface area contributed by atoms with E-state index >= 15 is 0 Å². The highest BCUT2D eigenvalue weighted by atomic mass is 16.6. The summed E-state index contributed by atoms with van der Waals surface area (Å²) in [5.74, 6) is 0.732. The first-order valence-electron chi connectivity index (χ1n) is 4.54. The van der Waals surface area contributed by atoms with Crippen LogP contribution in [0.25, 0.3) is 11.3 Å². The molecule has 4 heteroatoms. The van der Waals surface area contributed by atoms with Gasteiger partial charge in [-0.3, -0.25) is 4.79 Å². The third-order valence-electron chi connectivity index (χ3n) is 2.04. The lowest BCUT2D eigenvalue weighted by molar-refractivity contribution is -0.121. The molecule has 0 N–H and O–H groups in total. The normalized spacial score (nSPS) is 9.44. The second-order valence-corrected chi connectivity index (χ2v) is 3.02. The number of ether oxygens (including phenoxy) is 1. The smallest absolute Gasteiger partial charge is 0.300 e. The quantitative estimate of drug-likeness (QED) is 0.734. The van der Waals surface area contributed by atoms with Crippen LogP contribution in [0.3, 0.4) is 0 Å². The molecule has 78 valence electrons. The van der Waals surface area contributed by atoms with Crippen molar-refractivity contribution >= 4 is 6.47 Å². The Labute approximate surface area is 91.7 Å². The monoisotopic (exact) mass is 213 g/mol. The zero-order valence-electron chi connectivity index (χ0n) is 8.21. The lowest BCUT2D eigenvalue weighted by Crippen LogP contribution is -1.84. The fourth-order valence-electron chi connectivity index (χ4n) is 1.30. The summed E-state index contributed by atoms with van der Waals surface area (Å²) in [4.78, 5) is 10.1. The fraction of sp³-hybridized carbons (Fsp3) is 0. The van der Waals surface area contributed by atoms with Gasteiger partial charge in [0.05, 0.1) is 11.6 Å². The number of hydrogen-bond acceptors (Lipinski definition) is 4. The summed E-state index contributed by atoms with van der Waals surface area (Å²) in [7, 11) is 0. The van der Waals surface area contributed by atoms with Crippen LogP contribution in [-0.2, 0) is 4.79 Å². The van der Waals surface area contributed by atoms with Crippen LogP contribution in [0.1, 0.15) is 5.56 Å². The topological polar surface area (TPSA) is 63.2 Å². The van der Waals surface area contributed by atoms with Crippen LogP contribution >= 0.6 is 0 Å². The van der Waals surface area contributed by atoms with Crippen molar-refractivity contribution in [3.05, 3.63) is 42.0 Å². The Morgan fingerprint density at radius 3 is 2.56 bits per heavy atom. The molecule has 0 atom stereocenters. The first kappa shape index (κ1) is 9.99. The van der Waals surface area contributed by atoms with E-state index in [-0.39, 0.29) is 5.95 Å². The molecular formula is C12H7NO3. The van der Waals surface area contributed by atoms with Crippen molar-refractivity contribution < 1.29 is 13.9 Å². The molecule has 0 amide bonds. The van der Waals surface area contributed by atoms with E-state index in [0.717, 1.165) is 5.56 Å². The number of carbonyl (C=O) groups excluding carboxylic acids is 1. The molecule has 16 heavy (non-hydrogen) atoms. The van der Waals surface area contributed by atoms with Gasteiger partial charge in [0.1, 0.15) is 5.76 Å². The fourth-order valence-corrected chi connectivity index (χ4v) is 1.30. The van der Waals surface area contributed by atoms with E-state index in [2.05, 4.69) is 4.74 Å². The van der Waals surface area contributed by atoms with Gasteiger partial charge in [-0.25, -0.2) is 0 Å². The molecule has 0 unspecified atom stereocenters. The Morgan fingerprint density at radius 2 is 1.94 bits per heavy atom. The van der Waals surface area contributed by atoms with Gasteiger partial charge in [-0.1, -0.05) is 0 Å². The van der Waals surface area contributed by atoms with E-state index in [9.17, 15) is 4.79 Å². The van der Waals surface area contributed by atoms with Crippen molar-refractivity contribution in [1.29, 1.82) is 5.26 Å². The van der Waals surface area contributed by atoms with Crippen LogP contribution in [0, 0.1) is 11.3 Å². The summed E-state index contributed by atoms with van der Waals surface area (Å²) >= 11 is 0. The first-order valence-corrected chi connectivity index (χ1v) is 4.54. The molecule has 0 radical (unpaired) electrons. The highest BCUT2D eigenvalue weighted by molar-refractivity contribution is 5.59. The van der Waals surface area contributed by atoms with E-state index in [1.54, 1.807) is 36.4 Å². The summed E-state index contributed by atoms with van der Waals surface area (Å²) in [5.41, 5.74) is 1.40. The number of furan rings is 1. The maximum atomic E-state index is 10.1. The molecule has 2 rings (SSSR count). The molecule has 0 bridgehead atoms. The number of nitriles is 1. The molecule has 1 heterocycles. The Hall–Kier alpha value is -2.54. The molecule has 0 aliphatic rings. The average molecular weight is 213 g/mol. The molecule has 1 aromatic carbocycles. The number of carbonyl (C=O) groups is 1. The van der Waals surface area contributed by atoms with E-state index in [0.29, 0.717) is 17.8 Å². The zero-order chi connectivity index (χ0) is 11.4. The largest absolute Gasteiger partial charge is 0.425 e. The van der Waals surface area contributed by atoms with Crippen molar-refractivity contribution in [2.45, 2.75) is 0 Å². The van der Waals surface area contributed by atoms with Crippen LogP contribution in [0.4, 0.5) is 0 Å². The Morgan fingerprint density at radius 1 is 1.19 bits per heavy atom. The summed E-state index contributed by atoms with van der Waals surface area (Å²) in [6, 6.07) is 12.2. The van der Waals surface area contributed by atoms with Gasteiger partial charge in [0.15, 0.2) is 0 Å². The van der Waals surface area contributed by atoms with Crippen LogP contribution in [-0.4, -0.2) is 6.47 Å². The van der Waals surface area contributed by atoms with Crippen LogP contribution in [0.15, 0.2) is 40.8 Å². The minimum Gasteiger partial charge on any atom is -0.425 e. The zero-order valence-corrected chi connectivity index (χ0v) is 8.21. The second kappa shape index (κ2) is 4.32. The van der Waals surface area contributed by atoms with Crippen molar-refractivity contribution in [2.75, 3.05) is 0 Å². The SMILES string of the molecule is N#Cc1ccc(-c2ccc(OC=O)o2)cc1. The van der Waals surface area contributed by atoms with Gasteiger partial charge < -0.3 is 9.15 Å². The van der Waals surface area contributed by atoms with Gasteiger partial charge in [0.25, 0.3) is 5.95 Å². The minimum absolute atomic E-state index is 0.148. The third kappa shape index (κ3) is 1.93. The van der Waals surface area contributed by atoms with E-state index < -0.39 is 0 Å². The summed E-state index contributed by atoms with van der Waals surface area (Å²) in [5, 5.41) is 8.64. The molecule has 0 aliphatic carbocycles. The van der Waals surface area contributed by atoms with Crippen LogP contribution in [0.5, 0.6) is 5.95 Å². The molecule has 0 spiro atoms. The van der Waals surface area contributed by atoms with Gasteiger partial charge in [-0.2, -0.15) is 5.26 Å². The Bertz CT molecular complexity index is 534. The number of rotatable bonds is 3. The molecule has 2 aromatic rings. The maximum Gasteiger partial charge on any atom is 0.300 e. The molecule has 0 saturated carbocycles. The lowest BCUT2D eigenvalue weighted by atomic mass is 10.1. The highest BCUT2D eigenvalue weighted by Gasteiger charge is 2.05. The number of benzene rings is 1. The predicted octanol–water partition coefficient (Wildman–Crippen LogP) is 2.35. The van der Waals surface area contributed by atoms with Gasteiger partial charge in [0, 0.05) is 11.6 Å². The number of nitrogens with zero attached hydrogens (tertiary/aromatic N) is 1. The molecule has 4 nitrogen and oxygen atoms in total. The lowest BCUT2D eigenvalue weighted by Gasteiger charge is -1.96. The summed E-state index contributed by atoms with van der Waals surface area (Å²) in [6.45, 7) is 0.307. The average Bonchev–Trinajstić information content (AvgIpc) is 2.78. The van der Waals surface area contributed by atoms with E-state index in [1.807, 2.05) is 6.07 Å². The maximum absolute atomic E-state index is 10.1. The van der Waals surface area contributed by atoms with Gasteiger partial charge in [-0.15, -0.1) is 0 Å². The van der Waals surface area contributed by atoms with Crippen molar-refractivity contribution in [3.8, 4) is 23.3 Å². The Balaban J connectivity index is 2.28. The second-order valence-electron chi connectivity index (χ2n) is 3.02. The van der Waals surface area contributed by atoms with Crippen molar-refractivity contribution in [2.24, 2.45) is 0 Å². The summed E-state index contributed by atoms with van der Waals surface area (Å²) < 4.78 is 9.80. The Kier molecular flexibility index (Phi) is 2.70. The van der Waals surface area contributed by atoms with Crippen molar-refractivity contribution in [1.82, 2.24) is 0 Å². The minimum atomic E-state index is 0.148. The van der Waals surface area contributed by atoms with Crippen LogP contribution < -0.4 is 4.74 Å².